The summed E-state index contributed by atoms with van der Waals surface area (Å²) >= 11 is 5.63. The minimum atomic E-state index is 0.0681. The third kappa shape index (κ3) is 2.85. The molecule has 0 unspecified atom stereocenters. The third-order valence-electron chi connectivity index (χ3n) is 4.36. The number of hydrogen-bond donors (Lipinski definition) is 1. The first-order chi connectivity index (χ1) is 11.0. The van der Waals surface area contributed by atoms with E-state index in [1.54, 1.807) is 0 Å². The van der Waals surface area contributed by atoms with Crippen LogP contribution in [0.4, 0.5) is 0 Å². The zero-order valence-corrected chi connectivity index (χ0v) is 14.9. The lowest BCUT2D eigenvalue weighted by Gasteiger charge is -2.32. The molecule has 0 bridgehead atoms. The molecule has 0 aliphatic carbocycles. The van der Waals surface area contributed by atoms with Crippen LogP contribution < -0.4 is 5.32 Å². The molecule has 23 heavy (non-hydrogen) atoms. The van der Waals surface area contributed by atoms with Gasteiger partial charge in [0.15, 0.2) is 5.11 Å². The summed E-state index contributed by atoms with van der Waals surface area (Å²) in [5.74, 6) is 0. The summed E-state index contributed by atoms with van der Waals surface area (Å²) in [6, 6.07) is 11.3. The van der Waals surface area contributed by atoms with E-state index in [1.807, 2.05) is 18.3 Å². The van der Waals surface area contributed by atoms with Crippen LogP contribution >= 0.6 is 12.2 Å². The highest BCUT2D eigenvalue weighted by Crippen LogP contribution is 2.40. The summed E-state index contributed by atoms with van der Waals surface area (Å²) < 4.78 is 2.33. The summed E-state index contributed by atoms with van der Waals surface area (Å²) in [6.07, 6.45) is 3.99. The highest BCUT2D eigenvalue weighted by atomic mass is 32.1. The number of nitrogens with one attached hydrogen (secondary N) is 1. The second kappa shape index (κ2) is 6.32. The molecule has 0 aromatic carbocycles. The maximum Gasteiger partial charge on any atom is 0.170 e. The van der Waals surface area contributed by atoms with Gasteiger partial charge in [-0.1, -0.05) is 6.07 Å². The first-order valence-electron chi connectivity index (χ1n) is 8.17. The van der Waals surface area contributed by atoms with Gasteiger partial charge in [-0.05, 0) is 64.2 Å². The summed E-state index contributed by atoms with van der Waals surface area (Å²) in [6.45, 7) is 8.79. The van der Waals surface area contributed by atoms with Crippen LogP contribution in [0.15, 0.2) is 42.7 Å². The van der Waals surface area contributed by atoms with E-state index in [9.17, 15) is 0 Å². The number of thiocarbonyl (C=S) groups is 1. The molecule has 122 valence electrons. The van der Waals surface area contributed by atoms with Gasteiger partial charge in [0.25, 0.3) is 0 Å². The van der Waals surface area contributed by atoms with E-state index in [2.05, 4.69) is 71.9 Å². The molecule has 3 rings (SSSR count). The molecule has 2 atom stereocenters. The fourth-order valence-electron chi connectivity index (χ4n) is 3.37. The van der Waals surface area contributed by atoms with Gasteiger partial charge < -0.3 is 14.8 Å². The Balaban J connectivity index is 2.09. The Bertz CT molecular complexity index is 677. The average molecular weight is 328 g/mol. The second-order valence-corrected chi connectivity index (χ2v) is 6.95. The Morgan fingerprint density at radius 1 is 1.09 bits per heavy atom. The van der Waals surface area contributed by atoms with Gasteiger partial charge in [-0.25, -0.2) is 0 Å². The summed E-state index contributed by atoms with van der Waals surface area (Å²) in [4.78, 5) is 6.86. The summed E-state index contributed by atoms with van der Waals surface area (Å²) in [5.41, 5.74) is 2.30. The van der Waals surface area contributed by atoms with Crippen molar-refractivity contribution < 1.29 is 0 Å². The van der Waals surface area contributed by atoms with Crippen molar-refractivity contribution in [2.45, 2.75) is 51.9 Å². The van der Waals surface area contributed by atoms with Gasteiger partial charge in [0.05, 0.1) is 17.8 Å². The molecule has 0 saturated carbocycles. The van der Waals surface area contributed by atoms with E-state index in [0.29, 0.717) is 12.1 Å². The highest BCUT2D eigenvalue weighted by molar-refractivity contribution is 7.80. The van der Waals surface area contributed by atoms with E-state index >= 15 is 0 Å². The Kier molecular flexibility index (Phi) is 4.39. The van der Waals surface area contributed by atoms with Gasteiger partial charge >= 0.3 is 0 Å². The van der Waals surface area contributed by atoms with Crippen LogP contribution in [-0.4, -0.2) is 25.6 Å². The molecule has 0 amide bonds. The van der Waals surface area contributed by atoms with E-state index in [0.717, 1.165) is 10.8 Å². The molecule has 2 aromatic rings. The lowest BCUT2D eigenvalue weighted by atomic mass is 10.00. The molecule has 4 nitrogen and oxygen atoms in total. The SMILES string of the molecule is CC(C)N1C(=S)N[C@H](c2ccccn2)[C@H]1c1cccn1C(C)C. The van der Waals surface area contributed by atoms with Gasteiger partial charge in [-0.15, -0.1) is 0 Å². The van der Waals surface area contributed by atoms with Gasteiger partial charge in [0.1, 0.15) is 0 Å². The first kappa shape index (κ1) is 16.0. The van der Waals surface area contributed by atoms with Crippen LogP contribution in [0, 0.1) is 0 Å². The van der Waals surface area contributed by atoms with Crippen molar-refractivity contribution in [2.24, 2.45) is 0 Å². The second-order valence-electron chi connectivity index (χ2n) is 6.56. The average Bonchev–Trinajstić information content (AvgIpc) is 3.11. The molecule has 1 aliphatic rings. The monoisotopic (exact) mass is 328 g/mol. The number of rotatable bonds is 4. The predicted octanol–water partition coefficient (Wildman–Crippen LogP) is 3.84. The standard InChI is InChI=1S/C18H24N4S/c1-12(2)21-11-7-9-15(21)17-16(14-8-5-6-10-19-14)20-18(23)22(17)13(3)4/h5-13,16-17H,1-4H3,(H,20,23)/t16-,17-/m1/s1. The van der Waals surface area contributed by atoms with Gasteiger partial charge in [-0.3, -0.25) is 4.98 Å². The Labute approximate surface area is 143 Å². The van der Waals surface area contributed by atoms with Crippen molar-refractivity contribution in [1.29, 1.82) is 0 Å². The summed E-state index contributed by atoms with van der Waals surface area (Å²) in [7, 11) is 0. The Morgan fingerprint density at radius 3 is 2.48 bits per heavy atom. The Morgan fingerprint density at radius 2 is 1.87 bits per heavy atom. The quantitative estimate of drug-likeness (QED) is 0.865. The van der Waals surface area contributed by atoms with Crippen molar-refractivity contribution in [3.8, 4) is 0 Å². The number of nitrogens with zero attached hydrogens (tertiary/aromatic N) is 3. The molecule has 2 aromatic heterocycles. The van der Waals surface area contributed by atoms with Gasteiger partial charge in [0.2, 0.25) is 0 Å². The van der Waals surface area contributed by atoms with Crippen LogP contribution in [0.5, 0.6) is 0 Å². The first-order valence-corrected chi connectivity index (χ1v) is 8.58. The molecule has 3 heterocycles. The van der Waals surface area contributed by atoms with Crippen LogP contribution in [0.25, 0.3) is 0 Å². The van der Waals surface area contributed by atoms with Crippen LogP contribution in [0.1, 0.15) is 57.2 Å². The molecule has 1 fully saturated rings. The lowest BCUT2D eigenvalue weighted by molar-refractivity contribution is 0.256. The molecular weight excluding hydrogens is 304 g/mol. The fourth-order valence-corrected chi connectivity index (χ4v) is 3.82. The van der Waals surface area contributed by atoms with E-state index in [-0.39, 0.29) is 12.1 Å². The highest BCUT2D eigenvalue weighted by Gasteiger charge is 2.42. The van der Waals surface area contributed by atoms with E-state index < -0.39 is 0 Å². The van der Waals surface area contributed by atoms with E-state index in [1.165, 1.54) is 5.69 Å². The summed E-state index contributed by atoms with van der Waals surface area (Å²) in [5, 5.41) is 4.29. The van der Waals surface area contributed by atoms with Crippen molar-refractivity contribution in [3.05, 3.63) is 54.1 Å². The molecule has 1 aliphatic heterocycles. The smallest absolute Gasteiger partial charge is 0.170 e. The minimum Gasteiger partial charge on any atom is -0.352 e. The van der Waals surface area contributed by atoms with Crippen molar-refractivity contribution >= 4 is 17.3 Å². The molecule has 0 spiro atoms. The number of hydrogen-bond acceptors (Lipinski definition) is 2. The Hall–Kier alpha value is -1.88. The van der Waals surface area contributed by atoms with Gasteiger partial charge in [0, 0.05) is 30.2 Å². The predicted molar refractivity (Wildman–Crippen MR) is 97.2 cm³/mol. The number of aromatic nitrogens is 2. The van der Waals surface area contributed by atoms with Crippen LogP contribution in [0.3, 0.4) is 0 Å². The fraction of sp³-hybridized carbons (Fsp3) is 0.444. The molecular formula is C18H24N4S. The molecule has 0 radical (unpaired) electrons. The maximum absolute atomic E-state index is 5.63. The largest absolute Gasteiger partial charge is 0.352 e. The molecule has 1 saturated heterocycles. The zero-order chi connectivity index (χ0) is 16.6. The lowest BCUT2D eigenvalue weighted by Crippen LogP contribution is -2.36. The van der Waals surface area contributed by atoms with E-state index in [4.69, 9.17) is 12.2 Å². The normalized spacial score (nSPS) is 21.3. The molecule has 5 heteroatoms. The van der Waals surface area contributed by atoms with Crippen molar-refractivity contribution in [2.75, 3.05) is 0 Å². The topological polar surface area (TPSA) is 33.1 Å². The van der Waals surface area contributed by atoms with Crippen molar-refractivity contribution in [3.63, 3.8) is 0 Å². The zero-order valence-electron chi connectivity index (χ0n) is 14.1. The van der Waals surface area contributed by atoms with Crippen LogP contribution in [-0.2, 0) is 0 Å². The van der Waals surface area contributed by atoms with Crippen LogP contribution in [0.2, 0.25) is 0 Å². The third-order valence-corrected chi connectivity index (χ3v) is 4.69. The van der Waals surface area contributed by atoms with Gasteiger partial charge in [-0.2, -0.15) is 0 Å². The maximum atomic E-state index is 5.63. The molecule has 1 N–H and O–H groups in total. The number of pyridine rings is 1. The van der Waals surface area contributed by atoms with Crippen molar-refractivity contribution in [1.82, 2.24) is 19.8 Å². The minimum absolute atomic E-state index is 0.0681.